The Morgan fingerprint density at radius 1 is 1.11 bits per heavy atom. The summed E-state index contributed by atoms with van der Waals surface area (Å²) in [6.07, 6.45) is -5.02. The van der Waals surface area contributed by atoms with Gasteiger partial charge in [-0.25, -0.2) is 13.8 Å². The number of nitrogens with zero attached hydrogens (tertiary/aromatic N) is 4. The molecular formula is C22H23F5N6O2. The molecule has 0 aliphatic carbocycles. The van der Waals surface area contributed by atoms with E-state index in [4.69, 9.17) is 15.2 Å². The third-order valence-electron chi connectivity index (χ3n) is 5.66. The van der Waals surface area contributed by atoms with Gasteiger partial charge < -0.3 is 25.4 Å². The zero-order valence-corrected chi connectivity index (χ0v) is 19.2. The lowest BCUT2D eigenvalue weighted by molar-refractivity contribution is -0.137. The van der Waals surface area contributed by atoms with E-state index in [0.717, 1.165) is 6.92 Å². The summed E-state index contributed by atoms with van der Waals surface area (Å²) < 4.78 is 83.0. The minimum absolute atomic E-state index is 0.0803. The van der Waals surface area contributed by atoms with Crippen molar-refractivity contribution in [2.24, 2.45) is 0 Å². The van der Waals surface area contributed by atoms with Gasteiger partial charge in [0.25, 0.3) is 0 Å². The molecule has 0 amide bonds. The highest BCUT2D eigenvalue weighted by Crippen LogP contribution is 2.44. The van der Waals surface area contributed by atoms with E-state index in [0.29, 0.717) is 32.2 Å². The lowest BCUT2D eigenvalue weighted by Crippen LogP contribution is -2.44. The van der Waals surface area contributed by atoms with E-state index in [1.165, 1.54) is 7.11 Å². The van der Waals surface area contributed by atoms with E-state index >= 15 is 4.39 Å². The number of benzene rings is 1. The van der Waals surface area contributed by atoms with Crippen molar-refractivity contribution in [3.8, 4) is 23.1 Å². The molecule has 35 heavy (non-hydrogen) atoms. The van der Waals surface area contributed by atoms with Crippen LogP contribution in [0, 0.1) is 18.6 Å². The van der Waals surface area contributed by atoms with E-state index in [2.05, 4.69) is 20.3 Å². The molecule has 1 aliphatic heterocycles. The van der Waals surface area contributed by atoms with E-state index in [1.54, 1.807) is 6.92 Å². The van der Waals surface area contributed by atoms with Crippen molar-refractivity contribution in [3.63, 3.8) is 0 Å². The minimum Gasteiger partial charge on any atom is -0.477 e. The van der Waals surface area contributed by atoms with Crippen LogP contribution in [0.1, 0.15) is 18.1 Å². The largest absolute Gasteiger partial charge is 0.477 e. The Kier molecular flexibility index (Phi) is 6.54. The van der Waals surface area contributed by atoms with Gasteiger partial charge in [0.05, 0.1) is 25.0 Å². The molecule has 0 bridgehead atoms. The van der Waals surface area contributed by atoms with Crippen LogP contribution in [0.3, 0.4) is 0 Å². The quantitative estimate of drug-likeness (QED) is 0.406. The number of methoxy groups -OCH3 is 1. The molecule has 1 saturated heterocycles. The summed E-state index contributed by atoms with van der Waals surface area (Å²) in [5.74, 6) is -2.29. The van der Waals surface area contributed by atoms with Gasteiger partial charge in [0.15, 0.2) is 5.82 Å². The fourth-order valence-corrected chi connectivity index (χ4v) is 4.09. The third kappa shape index (κ3) is 4.35. The second-order valence-corrected chi connectivity index (χ2v) is 7.83. The van der Waals surface area contributed by atoms with E-state index in [9.17, 15) is 17.6 Å². The minimum atomic E-state index is -5.02. The van der Waals surface area contributed by atoms with Crippen LogP contribution in [0.4, 0.5) is 33.5 Å². The summed E-state index contributed by atoms with van der Waals surface area (Å²) >= 11 is 0. The van der Waals surface area contributed by atoms with Crippen LogP contribution in [0.5, 0.6) is 11.9 Å². The van der Waals surface area contributed by atoms with Crippen molar-refractivity contribution >= 4 is 22.4 Å². The molecule has 188 valence electrons. The Morgan fingerprint density at radius 2 is 1.80 bits per heavy atom. The molecule has 4 rings (SSSR count). The molecule has 1 fully saturated rings. The summed E-state index contributed by atoms with van der Waals surface area (Å²) in [6, 6.07) is 0.531. The van der Waals surface area contributed by atoms with E-state index in [-0.39, 0.29) is 35.2 Å². The van der Waals surface area contributed by atoms with Crippen LogP contribution in [0.25, 0.3) is 22.2 Å². The molecule has 13 heteroatoms. The standard InChI is InChI=1S/C22H23F5N6O2/c1-4-35-20-13-18(31-21(34-3)32-19(13)33-7-5-29-6-8-33)16(24)17(30-20)11-9-12(28)15(23)10(2)14(11)22(25,26)27/h9,29H,4-8,28H2,1-3H3. The maximum atomic E-state index is 16.0. The molecule has 0 radical (unpaired) electrons. The lowest BCUT2D eigenvalue weighted by atomic mass is 9.96. The van der Waals surface area contributed by atoms with Gasteiger partial charge in [0.2, 0.25) is 5.88 Å². The number of alkyl halides is 3. The van der Waals surface area contributed by atoms with Crippen LogP contribution >= 0.6 is 0 Å². The maximum absolute atomic E-state index is 16.0. The molecule has 1 aromatic carbocycles. The van der Waals surface area contributed by atoms with Gasteiger partial charge in [-0.2, -0.15) is 23.1 Å². The number of fused-ring (bicyclic) bond motifs is 1. The van der Waals surface area contributed by atoms with Crippen molar-refractivity contribution in [3.05, 3.63) is 28.8 Å². The van der Waals surface area contributed by atoms with Gasteiger partial charge >= 0.3 is 12.2 Å². The number of nitrogens with two attached hydrogens (primary N) is 1. The van der Waals surface area contributed by atoms with Crippen LogP contribution in [-0.4, -0.2) is 54.8 Å². The van der Waals surface area contributed by atoms with Crippen molar-refractivity contribution in [2.45, 2.75) is 20.0 Å². The number of hydrogen-bond acceptors (Lipinski definition) is 8. The first-order chi connectivity index (χ1) is 16.6. The van der Waals surface area contributed by atoms with Crippen LogP contribution in [-0.2, 0) is 6.18 Å². The van der Waals surface area contributed by atoms with E-state index in [1.807, 2.05) is 4.90 Å². The zero-order chi connectivity index (χ0) is 25.5. The molecule has 3 heterocycles. The second kappa shape index (κ2) is 9.29. The summed E-state index contributed by atoms with van der Waals surface area (Å²) in [5.41, 5.74) is 1.09. The molecule has 2 aromatic heterocycles. The fourth-order valence-electron chi connectivity index (χ4n) is 4.09. The maximum Gasteiger partial charge on any atom is 0.417 e. The third-order valence-corrected chi connectivity index (χ3v) is 5.66. The first-order valence-electron chi connectivity index (χ1n) is 10.8. The van der Waals surface area contributed by atoms with Crippen molar-refractivity contribution in [1.29, 1.82) is 0 Å². The Hall–Kier alpha value is -3.48. The normalized spacial score (nSPS) is 14.5. The number of nitrogen functional groups attached to an aromatic ring is 1. The first kappa shape index (κ1) is 24.6. The Labute approximate surface area is 197 Å². The lowest BCUT2D eigenvalue weighted by Gasteiger charge is -2.29. The average molecular weight is 498 g/mol. The molecule has 8 nitrogen and oxygen atoms in total. The highest BCUT2D eigenvalue weighted by molar-refractivity contribution is 5.97. The monoisotopic (exact) mass is 498 g/mol. The number of ether oxygens (including phenoxy) is 2. The molecule has 1 aliphatic rings. The Bertz CT molecular complexity index is 1280. The molecule has 0 saturated carbocycles. The van der Waals surface area contributed by atoms with Gasteiger partial charge in [-0.1, -0.05) is 0 Å². The first-order valence-corrected chi connectivity index (χ1v) is 10.8. The number of anilines is 2. The fraction of sp³-hybridized carbons (Fsp3) is 0.409. The number of halogens is 5. The summed E-state index contributed by atoms with van der Waals surface area (Å²) in [4.78, 5) is 14.4. The average Bonchev–Trinajstić information content (AvgIpc) is 2.83. The highest BCUT2D eigenvalue weighted by Gasteiger charge is 2.39. The van der Waals surface area contributed by atoms with Gasteiger partial charge in [-0.15, -0.1) is 0 Å². The number of nitrogens with one attached hydrogen (secondary N) is 1. The predicted octanol–water partition coefficient (Wildman–Crippen LogP) is 3.70. The molecule has 0 atom stereocenters. The molecular weight excluding hydrogens is 475 g/mol. The van der Waals surface area contributed by atoms with Gasteiger partial charge in [-0.3, -0.25) is 0 Å². The second-order valence-electron chi connectivity index (χ2n) is 7.83. The SMILES string of the molecule is CCOc1nc(-c2cc(N)c(F)c(C)c2C(F)(F)F)c(F)c2nc(OC)nc(N3CCNCC3)c12. The Morgan fingerprint density at radius 3 is 2.40 bits per heavy atom. The zero-order valence-electron chi connectivity index (χ0n) is 19.2. The highest BCUT2D eigenvalue weighted by atomic mass is 19.4. The summed E-state index contributed by atoms with van der Waals surface area (Å²) in [6.45, 7) is 4.97. The summed E-state index contributed by atoms with van der Waals surface area (Å²) in [5, 5.41) is 3.29. The van der Waals surface area contributed by atoms with Crippen LogP contribution in [0.2, 0.25) is 0 Å². The van der Waals surface area contributed by atoms with Crippen molar-refractivity contribution in [2.75, 3.05) is 50.5 Å². The topological polar surface area (TPSA) is 98.4 Å². The molecule has 0 spiro atoms. The number of hydrogen-bond donors (Lipinski definition) is 2. The van der Waals surface area contributed by atoms with Crippen LogP contribution < -0.4 is 25.4 Å². The van der Waals surface area contributed by atoms with Gasteiger partial charge in [0.1, 0.15) is 28.2 Å². The molecule has 0 unspecified atom stereocenters. The summed E-state index contributed by atoms with van der Waals surface area (Å²) in [7, 11) is 1.29. The van der Waals surface area contributed by atoms with Crippen LogP contribution in [0.15, 0.2) is 6.07 Å². The number of aromatic nitrogens is 3. The number of pyridine rings is 1. The number of piperazine rings is 1. The Balaban J connectivity index is 2.10. The van der Waals surface area contributed by atoms with Gasteiger partial charge in [-0.05, 0) is 25.5 Å². The molecule has 3 N–H and O–H groups in total. The molecule has 3 aromatic rings. The van der Waals surface area contributed by atoms with Crippen molar-refractivity contribution < 1.29 is 31.4 Å². The number of rotatable bonds is 5. The smallest absolute Gasteiger partial charge is 0.417 e. The van der Waals surface area contributed by atoms with Crippen molar-refractivity contribution in [1.82, 2.24) is 20.3 Å². The van der Waals surface area contributed by atoms with Gasteiger partial charge in [0, 0.05) is 31.7 Å². The van der Waals surface area contributed by atoms with E-state index < -0.39 is 45.9 Å². The predicted molar refractivity (Wildman–Crippen MR) is 120 cm³/mol.